The van der Waals surface area contributed by atoms with Crippen LogP contribution in [-0.4, -0.2) is 24.1 Å². The van der Waals surface area contributed by atoms with Gasteiger partial charge in [0.05, 0.1) is 5.02 Å². The highest BCUT2D eigenvalue weighted by atomic mass is 35.5. The van der Waals surface area contributed by atoms with Crippen LogP contribution in [-0.2, 0) is 0 Å². The third-order valence-corrected chi connectivity index (χ3v) is 3.98. The molecule has 4 heteroatoms. The van der Waals surface area contributed by atoms with Gasteiger partial charge in [-0.1, -0.05) is 24.9 Å². The zero-order chi connectivity index (χ0) is 12.3. The Bertz CT molecular complexity index is 369. The van der Waals surface area contributed by atoms with Gasteiger partial charge in [-0.2, -0.15) is 0 Å². The average molecular weight is 254 g/mol. The first-order valence-corrected chi connectivity index (χ1v) is 6.71. The van der Waals surface area contributed by atoms with E-state index in [1.807, 2.05) is 12.1 Å². The Morgan fingerprint density at radius 2 is 2.41 bits per heavy atom. The molecule has 1 aliphatic rings. The van der Waals surface area contributed by atoms with Gasteiger partial charge < -0.3 is 10.6 Å². The lowest BCUT2D eigenvalue weighted by atomic mass is 9.89. The maximum Gasteiger partial charge on any atom is 0.147 e. The smallest absolute Gasteiger partial charge is 0.147 e. The van der Waals surface area contributed by atoms with Crippen LogP contribution in [0.2, 0.25) is 5.02 Å². The number of rotatable bonds is 3. The van der Waals surface area contributed by atoms with Gasteiger partial charge in [-0.3, -0.25) is 0 Å². The molecule has 2 heterocycles. The number of hydrogen-bond donors (Lipinski definition) is 1. The van der Waals surface area contributed by atoms with Crippen LogP contribution in [0.4, 0.5) is 5.82 Å². The first-order valence-electron chi connectivity index (χ1n) is 6.33. The third-order valence-electron chi connectivity index (χ3n) is 3.68. The normalized spacial score (nSPS) is 25.0. The van der Waals surface area contributed by atoms with Crippen molar-refractivity contribution in [3.05, 3.63) is 23.4 Å². The summed E-state index contributed by atoms with van der Waals surface area (Å²) in [5.74, 6) is 1.68. The molecule has 1 saturated heterocycles. The molecule has 0 aliphatic carbocycles. The molecule has 2 unspecified atom stereocenters. The Morgan fingerprint density at radius 1 is 1.59 bits per heavy atom. The van der Waals surface area contributed by atoms with Crippen molar-refractivity contribution in [3.8, 4) is 0 Å². The fraction of sp³-hybridized carbons (Fsp3) is 0.615. The van der Waals surface area contributed by atoms with E-state index in [1.54, 1.807) is 6.20 Å². The molecule has 0 aromatic carbocycles. The predicted molar refractivity (Wildman–Crippen MR) is 72.5 cm³/mol. The van der Waals surface area contributed by atoms with Gasteiger partial charge in [-0.25, -0.2) is 4.98 Å². The molecule has 1 aromatic rings. The summed E-state index contributed by atoms with van der Waals surface area (Å²) in [5, 5.41) is 0.723. The van der Waals surface area contributed by atoms with Crippen molar-refractivity contribution < 1.29 is 0 Å². The first-order chi connectivity index (χ1) is 8.26. The Kier molecular flexibility index (Phi) is 4.24. The Balaban J connectivity index is 2.18. The molecule has 1 fully saturated rings. The summed E-state index contributed by atoms with van der Waals surface area (Å²) in [6, 6.07) is 4.13. The summed E-state index contributed by atoms with van der Waals surface area (Å²) >= 11 is 6.21. The van der Waals surface area contributed by atoms with Gasteiger partial charge in [-0.15, -0.1) is 0 Å². The Labute approximate surface area is 108 Å². The number of anilines is 1. The van der Waals surface area contributed by atoms with Gasteiger partial charge in [-0.05, 0) is 30.9 Å². The number of pyridine rings is 1. The molecule has 3 nitrogen and oxygen atoms in total. The van der Waals surface area contributed by atoms with Gasteiger partial charge in [0.25, 0.3) is 0 Å². The van der Waals surface area contributed by atoms with Gasteiger partial charge >= 0.3 is 0 Å². The number of piperidine rings is 1. The summed E-state index contributed by atoms with van der Waals surface area (Å²) in [6.45, 7) is 3.93. The molecule has 2 atom stereocenters. The van der Waals surface area contributed by atoms with E-state index in [0.717, 1.165) is 29.7 Å². The molecule has 0 bridgehead atoms. The topological polar surface area (TPSA) is 42.2 Å². The highest BCUT2D eigenvalue weighted by molar-refractivity contribution is 6.32. The zero-order valence-corrected chi connectivity index (χ0v) is 11.0. The van der Waals surface area contributed by atoms with Crippen molar-refractivity contribution in [2.75, 3.05) is 18.0 Å². The van der Waals surface area contributed by atoms with E-state index in [1.165, 1.54) is 12.8 Å². The van der Waals surface area contributed by atoms with Crippen LogP contribution < -0.4 is 10.6 Å². The van der Waals surface area contributed by atoms with Crippen molar-refractivity contribution >= 4 is 17.4 Å². The quantitative estimate of drug-likeness (QED) is 0.901. The second-order valence-electron chi connectivity index (χ2n) is 4.69. The van der Waals surface area contributed by atoms with E-state index in [9.17, 15) is 0 Å². The van der Waals surface area contributed by atoms with Crippen molar-refractivity contribution in [2.45, 2.75) is 32.2 Å². The van der Waals surface area contributed by atoms with Crippen LogP contribution in [0.3, 0.4) is 0 Å². The molecule has 2 N–H and O–H groups in total. The second-order valence-corrected chi connectivity index (χ2v) is 5.10. The Morgan fingerprint density at radius 3 is 3.06 bits per heavy atom. The number of hydrogen-bond acceptors (Lipinski definition) is 3. The number of halogens is 1. The van der Waals surface area contributed by atoms with Crippen molar-refractivity contribution in [1.29, 1.82) is 0 Å². The van der Waals surface area contributed by atoms with E-state index in [0.29, 0.717) is 12.6 Å². The minimum absolute atomic E-state index is 0.376. The fourth-order valence-corrected chi connectivity index (χ4v) is 2.83. The number of nitrogens with zero attached hydrogens (tertiary/aromatic N) is 2. The van der Waals surface area contributed by atoms with Crippen LogP contribution in [0, 0.1) is 5.92 Å². The maximum atomic E-state index is 6.21. The van der Waals surface area contributed by atoms with Crippen LogP contribution in [0.15, 0.2) is 18.3 Å². The second kappa shape index (κ2) is 5.69. The van der Waals surface area contributed by atoms with Crippen molar-refractivity contribution in [1.82, 2.24) is 4.98 Å². The lowest BCUT2D eigenvalue weighted by Gasteiger charge is -2.39. The van der Waals surface area contributed by atoms with Gasteiger partial charge in [0.1, 0.15) is 5.82 Å². The van der Waals surface area contributed by atoms with E-state index < -0.39 is 0 Å². The molecule has 2 rings (SSSR count). The lowest BCUT2D eigenvalue weighted by molar-refractivity contribution is 0.334. The van der Waals surface area contributed by atoms with Gasteiger partial charge in [0, 0.05) is 25.3 Å². The third kappa shape index (κ3) is 2.72. The molecular weight excluding hydrogens is 234 g/mol. The van der Waals surface area contributed by atoms with E-state index >= 15 is 0 Å². The monoisotopic (exact) mass is 253 g/mol. The van der Waals surface area contributed by atoms with E-state index in [4.69, 9.17) is 17.3 Å². The zero-order valence-electron chi connectivity index (χ0n) is 10.3. The number of nitrogens with two attached hydrogens (primary N) is 1. The summed E-state index contributed by atoms with van der Waals surface area (Å²) < 4.78 is 0. The molecule has 1 aromatic heterocycles. The SMILES string of the molecule is CCC1CCN(c2ncccc2Cl)C(CN)C1. The standard InChI is InChI=1S/C13H20ClN3/c1-2-10-5-7-17(11(8-10)9-15)13-12(14)4-3-6-16-13/h3-4,6,10-11H,2,5,7-9,15H2,1H3. The summed E-state index contributed by atoms with van der Waals surface area (Å²) in [6.07, 6.45) is 5.39. The molecule has 0 amide bonds. The predicted octanol–water partition coefficient (Wildman–Crippen LogP) is 2.69. The molecule has 0 saturated carbocycles. The average Bonchev–Trinajstić information content (AvgIpc) is 2.38. The van der Waals surface area contributed by atoms with Crippen LogP contribution in [0.25, 0.3) is 0 Å². The van der Waals surface area contributed by atoms with Crippen molar-refractivity contribution in [3.63, 3.8) is 0 Å². The van der Waals surface area contributed by atoms with Gasteiger partial charge in [0.2, 0.25) is 0 Å². The highest BCUT2D eigenvalue weighted by Gasteiger charge is 2.28. The summed E-state index contributed by atoms with van der Waals surface area (Å²) in [7, 11) is 0. The summed E-state index contributed by atoms with van der Waals surface area (Å²) in [5.41, 5.74) is 5.89. The minimum Gasteiger partial charge on any atom is -0.351 e. The first kappa shape index (κ1) is 12.7. The summed E-state index contributed by atoms with van der Waals surface area (Å²) in [4.78, 5) is 6.66. The highest BCUT2D eigenvalue weighted by Crippen LogP contribution is 2.31. The van der Waals surface area contributed by atoms with E-state index in [2.05, 4.69) is 16.8 Å². The van der Waals surface area contributed by atoms with Crippen molar-refractivity contribution in [2.24, 2.45) is 11.7 Å². The van der Waals surface area contributed by atoms with Crippen LogP contribution >= 0.6 is 11.6 Å². The lowest BCUT2D eigenvalue weighted by Crippen LogP contribution is -2.47. The molecule has 17 heavy (non-hydrogen) atoms. The van der Waals surface area contributed by atoms with Gasteiger partial charge in [0.15, 0.2) is 0 Å². The van der Waals surface area contributed by atoms with Crippen LogP contribution in [0.1, 0.15) is 26.2 Å². The Hall–Kier alpha value is -0.800. The molecule has 1 aliphatic heterocycles. The minimum atomic E-state index is 0.376. The molecule has 0 spiro atoms. The molecular formula is C13H20ClN3. The molecule has 94 valence electrons. The van der Waals surface area contributed by atoms with Crippen LogP contribution in [0.5, 0.6) is 0 Å². The largest absolute Gasteiger partial charge is 0.351 e. The number of aromatic nitrogens is 1. The van der Waals surface area contributed by atoms with E-state index in [-0.39, 0.29) is 0 Å². The fourth-order valence-electron chi connectivity index (χ4n) is 2.60. The molecule has 0 radical (unpaired) electrons. The maximum absolute atomic E-state index is 6.21.